The fourth-order valence-corrected chi connectivity index (χ4v) is 2.78. The van der Waals surface area contributed by atoms with Crippen LogP contribution in [-0.4, -0.2) is 33.1 Å². The summed E-state index contributed by atoms with van der Waals surface area (Å²) in [5.74, 6) is 0. The third-order valence-corrected chi connectivity index (χ3v) is 5.12. The number of halogens is 1. The lowest BCUT2D eigenvalue weighted by Crippen LogP contribution is -2.41. The molecular formula is C19H25BFN3O2. The minimum Gasteiger partial charge on any atom is -0.398 e. The Bertz CT molecular complexity index is 786. The highest BCUT2D eigenvalue weighted by molar-refractivity contribution is 6.53. The predicted octanol–water partition coefficient (Wildman–Crippen LogP) is 3.99. The number of pyridine rings is 1. The first-order chi connectivity index (χ1) is 12.2. The van der Waals surface area contributed by atoms with Crippen molar-refractivity contribution >= 4 is 7.12 Å². The molecule has 2 aromatic heterocycles. The monoisotopic (exact) mass is 357 g/mol. The average Bonchev–Trinajstić information content (AvgIpc) is 3.11. The Labute approximate surface area is 154 Å². The number of hydrogen-bond acceptors (Lipinski definition) is 4. The van der Waals surface area contributed by atoms with E-state index in [4.69, 9.17) is 9.31 Å². The van der Waals surface area contributed by atoms with E-state index in [1.54, 1.807) is 17.1 Å². The van der Waals surface area contributed by atoms with Crippen LogP contribution in [0.5, 0.6) is 0 Å². The molecule has 3 heterocycles. The summed E-state index contributed by atoms with van der Waals surface area (Å²) in [6.07, 6.45) is 5.78. The zero-order valence-corrected chi connectivity index (χ0v) is 16.0. The van der Waals surface area contributed by atoms with Crippen LogP contribution in [0.4, 0.5) is 4.39 Å². The largest absolute Gasteiger partial charge is 0.524 e. The zero-order valence-electron chi connectivity index (χ0n) is 16.0. The van der Waals surface area contributed by atoms with Crippen LogP contribution in [0, 0.1) is 0 Å². The summed E-state index contributed by atoms with van der Waals surface area (Å²) in [5, 5.41) is 4.59. The first kappa shape index (κ1) is 18.8. The van der Waals surface area contributed by atoms with E-state index in [2.05, 4.69) is 17.0 Å². The molecule has 0 spiro atoms. The Morgan fingerprint density at radius 1 is 1.27 bits per heavy atom. The van der Waals surface area contributed by atoms with Crippen molar-refractivity contribution in [3.05, 3.63) is 48.1 Å². The molecule has 0 unspecified atom stereocenters. The molecule has 5 nitrogen and oxygen atoms in total. The van der Waals surface area contributed by atoms with Crippen LogP contribution < -0.4 is 0 Å². The molecular weight excluding hydrogens is 332 g/mol. The average molecular weight is 357 g/mol. The molecule has 0 aliphatic carbocycles. The zero-order chi connectivity index (χ0) is 18.9. The number of aromatic nitrogens is 3. The third kappa shape index (κ3) is 3.59. The Morgan fingerprint density at radius 2 is 1.96 bits per heavy atom. The van der Waals surface area contributed by atoms with E-state index in [0.29, 0.717) is 6.54 Å². The molecule has 0 aromatic carbocycles. The van der Waals surface area contributed by atoms with E-state index in [9.17, 15) is 4.39 Å². The molecule has 0 bridgehead atoms. The van der Waals surface area contributed by atoms with Crippen LogP contribution in [0.25, 0.3) is 11.3 Å². The maximum atomic E-state index is 14.6. The van der Waals surface area contributed by atoms with Crippen LogP contribution in [0.3, 0.4) is 0 Å². The van der Waals surface area contributed by atoms with E-state index in [-0.39, 0.29) is 0 Å². The van der Waals surface area contributed by atoms with E-state index in [0.717, 1.165) is 23.4 Å². The van der Waals surface area contributed by atoms with E-state index in [1.807, 2.05) is 45.9 Å². The fraction of sp³-hybridized carbons (Fsp3) is 0.474. The van der Waals surface area contributed by atoms with Crippen molar-refractivity contribution in [3.63, 3.8) is 0 Å². The normalized spacial score (nSPS) is 19.2. The lowest BCUT2D eigenvalue weighted by molar-refractivity contribution is 0.00578. The molecule has 0 N–H and O–H groups in total. The second-order valence-corrected chi connectivity index (χ2v) is 7.48. The van der Waals surface area contributed by atoms with Gasteiger partial charge in [-0.05, 0) is 58.4 Å². The van der Waals surface area contributed by atoms with Gasteiger partial charge in [0.15, 0.2) is 0 Å². The van der Waals surface area contributed by atoms with Gasteiger partial charge in [0.2, 0.25) is 0 Å². The number of nitrogens with zero attached hydrogens (tertiary/aromatic N) is 3. The Balaban J connectivity index is 1.77. The lowest BCUT2D eigenvalue weighted by atomic mass is 9.88. The number of hydrogen-bond donors (Lipinski definition) is 0. The summed E-state index contributed by atoms with van der Waals surface area (Å²) in [6, 6.07) is 5.84. The van der Waals surface area contributed by atoms with E-state index < -0.39 is 24.0 Å². The number of aryl methyl sites for hydroxylation is 1. The van der Waals surface area contributed by atoms with Gasteiger partial charge in [0.25, 0.3) is 0 Å². The molecule has 1 aliphatic rings. The minimum absolute atomic E-state index is 0.319. The van der Waals surface area contributed by atoms with Crippen LogP contribution in [0.2, 0.25) is 0 Å². The molecule has 1 saturated heterocycles. The van der Waals surface area contributed by atoms with Crippen molar-refractivity contribution < 1.29 is 13.7 Å². The van der Waals surface area contributed by atoms with Crippen molar-refractivity contribution in [1.82, 2.24) is 14.8 Å². The summed E-state index contributed by atoms with van der Waals surface area (Å²) in [6.45, 7) is 9.99. The van der Waals surface area contributed by atoms with Crippen molar-refractivity contribution in [2.45, 2.75) is 58.8 Å². The Hall–Kier alpha value is -1.99. The Morgan fingerprint density at radius 3 is 2.54 bits per heavy atom. The van der Waals surface area contributed by atoms with Gasteiger partial charge in [0, 0.05) is 23.7 Å². The van der Waals surface area contributed by atoms with Gasteiger partial charge in [-0.1, -0.05) is 6.92 Å². The highest BCUT2D eigenvalue weighted by atomic mass is 19.1. The first-order valence-corrected chi connectivity index (χ1v) is 8.92. The highest BCUT2D eigenvalue weighted by Gasteiger charge is 2.52. The highest BCUT2D eigenvalue weighted by Crippen LogP contribution is 2.38. The van der Waals surface area contributed by atoms with E-state index in [1.165, 1.54) is 6.08 Å². The molecule has 1 fully saturated rings. The van der Waals surface area contributed by atoms with Gasteiger partial charge in [-0.2, -0.15) is 5.10 Å². The molecule has 0 amide bonds. The van der Waals surface area contributed by atoms with Crippen molar-refractivity contribution in [2.24, 2.45) is 0 Å². The SMILES string of the molecule is CCc1cc(-c2cccnc2)nn1CC=C(F)B1OC(C)(C)C(C)(C)O1. The molecule has 1 aliphatic heterocycles. The molecule has 7 heteroatoms. The van der Waals surface area contributed by atoms with Crippen molar-refractivity contribution in [3.8, 4) is 11.3 Å². The summed E-state index contributed by atoms with van der Waals surface area (Å²) in [5.41, 5.74) is 1.26. The summed E-state index contributed by atoms with van der Waals surface area (Å²) < 4.78 is 27.9. The summed E-state index contributed by atoms with van der Waals surface area (Å²) >= 11 is 0. The molecule has 2 aromatic rings. The predicted molar refractivity (Wildman–Crippen MR) is 100 cm³/mol. The van der Waals surface area contributed by atoms with Crippen molar-refractivity contribution in [1.29, 1.82) is 0 Å². The molecule has 0 atom stereocenters. The molecule has 138 valence electrons. The van der Waals surface area contributed by atoms with Crippen LogP contribution in [-0.2, 0) is 22.3 Å². The van der Waals surface area contributed by atoms with E-state index >= 15 is 0 Å². The van der Waals surface area contributed by atoms with Gasteiger partial charge in [-0.25, -0.2) is 4.39 Å². The van der Waals surface area contributed by atoms with Crippen LogP contribution in [0.15, 0.2) is 42.4 Å². The maximum absolute atomic E-state index is 14.6. The second-order valence-electron chi connectivity index (χ2n) is 7.48. The van der Waals surface area contributed by atoms with Gasteiger partial charge in [-0.15, -0.1) is 0 Å². The summed E-state index contributed by atoms with van der Waals surface area (Å²) in [7, 11) is -0.974. The first-order valence-electron chi connectivity index (χ1n) is 8.92. The molecule has 0 radical (unpaired) electrons. The van der Waals surface area contributed by atoms with Gasteiger partial charge < -0.3 is 9.31 Å². The van der Waals surface area contributed by atoms with Gasteiger partial charge >= 0.3 is 7.12 Å². The van der Waals surface area contributed by atoms with Gasteiger partial charge in [0.1, 0.15) is 5.73 Å². The molecule has 3 rings (SSSR count). The molecule has 0 saturated carbocycles. The van der Waals surface area contributed by atoms with Crippen molar-refractivity contribution in [2.75, 3.05) is 0 Å². The van der Waals surface area contributed by atoms with Crippen LogP contribution >= 0.6 is 0 Å². The second kappa shape index (κ2) is 6.97. The third-order valence-electron chi connectivity index (χ3n) is 5.12. The number of rotatable bonds is 5. The topological polar surface area (TPSA) is 49.2 Å². The fourth-order valence-electron chi connectivity index (χ4n) is 2.78. The maximum Gasteiger partial charge on any atom is 0.524 e. The lowest BCUT2D eigenvalue weighted by Gasteiger charge is -2.32. The van der Waals surface area contributed by atoms with Crippen LogP contribution in [0.1, 0.15) is 40.3 Å². The quantitative estimate of drug-likeness (QED) is 0.760. The standard InChI is InChI=1S/C19H25BFN3O2/c1-6-15-12-16(14-8-7-10-22-13-14)23-24(15)11-9-17(21)20-25-18(2,3)19(4,5)26-20/h7-10,12-13H,6,11H2,1-5H3. The molecule has 26 heavy (non-hydrogen) atoms. The Kier molecular flexibility index (Phi) is 5.04. The smallest absolute Gasteiger partial charge is 0.398 e. The summed E-state index contributed by atoms with van der Waals surface area (Å²) in [4.78, 5) is 4.13. The number of allylic oxidation sites excluding steroid dienone is 1. The minimum atomic E-state index is -0.974. The van der Waals surface area contributed by atoms with Gasteiger partial charge in [-0.3, -0.25) is 9.67 Å². The van der Waals surface area contributed by atoms with Gasteiger partial charge in [0.05, 0.1) is 23.4 Å².